The maximum absolute atomic E-state index is 5.80. The predicted molar refractivity (Wildman–Crippen MR) is 83.3 cm³/mol. The number of ether oxygens (including phenoxy) is 1. The number of nitrogens with two attached hydrogens (primary N) is 1. The SMILES string of the molecule is CCc1c(N)nnn1CCOc1ccc2ccccc2c1. The molecule has 0 aliphatic rings. The normalized spacial score (nSPS) is 10.9. The van der Waals surface area contributed by atoms with E-state index in [0.717, 1.165) is 17.9 Å². The monoisotopic (exact) mass is 282 g/mol. The van der Waals surface area contributed by atoms with Gasteiger partial charge < -0.3 is 10.5 Å². The molecule has 0 saturated carbocycles. The Kier molecular flexibility index (Phi) is 3.73. The zero-order valence-corrected chi connectivity index (χ0v) is 12.0. The van der Waals surface area contributed by atoms with Crippen LogP contribution in [0.5, 0.6) is 5.75 Å². The van der Waals surface area contributed by atoms with E-state index in [4.69, 9.17) is 10.5 Å². The van der Waals surface area contributed by atoms with Crippen LogP contribution in [0.15, 0.2) is 42.5 Å². The molecule has 5 nitrogen and oxygen atoms in total. The maximum atomic E-state index is 5.80. The molecule has 1 aromatic heterocycles. The molecule has 2 N–H and O–H groups in total. The number of hydrogen-bond donors (Lipinski definition) is 1. The third-order valence-electron chi connectivity index (χ3n) is 3.50. The molecule has 0 unspecified atom stereocenters. The molecule has 0 spiro atoms. The minimum atomic E-state index is 0.503. The average molecular weight is 282 g/mol. The Balaban J connectivity index is 1.66. The summed E-state index contributed by atoms with van der Waals surface area (Å²) >= 11 is 0. The Morgan fingerprint density at radius 1 is 1.14 bits per heavy atom. The lowest BCUT2D eigenvalue weighted by Gasteiger charge is -2.08. The molecule has 0 aliphatic carbocycles. The van der Waals surface area contributed by atoms with Crippen molar-refractivity contribution in [2.45, 2.75) is 19.9 Å². The molecule has 5 heteroatoms. The Hall–Kier alpha value is -2.56. The van der Waals surface area contributed by atoms with Crippen LogP contribution in [0.3, 0.4) is 0 Å². The highest BCUT2D eigenvalue weighted by Crippen LogP contribution is 2.20. The van der Waals surface area contributed by atoms with Crippen LogP contribution in [0, 0.1) is 0 Å². The summed E-state index contributed by atoms with van der Waals surface area (Å²) in [5.41, 5.74) is 6.72. The number of aromatic nitrogens is 3. The number of nitrogens with zero attached hydrogens (tertiary/aromatic N) is 3. The van der Waals surface area contributed by atoms with E-state index in [1.165, 1.54) is 10.8 Å². The third kappa shape index (κ3) is 2.81. The van der Waals surface area contributed by atoms with Crippen LogP contribution in [0.4, 0.5) is 5.82 Å². The number of hydrogen-bond acceptors (Lipinski definition) is 4. The van der Waals surface area contributed by atoms with E-state index >= 15 is 0 Å². The van der Waals surface area contributed by atoms with Crippen molar-refractivity contribution < 1.29 is 4.74 Å². The van der Waals surface area contributed by atoms with Gasteiger partial charge in [-0.15, -0.1) is 5.10 Å². The Bertz CT molecular complexity index is 751. The first-order chi connectivity index (χ1) is 10.3. The molecule has 0 bridgehead atoms. The van der Waals surface area contributed by atoms with Crippen LogP contribution in [0.2, 0.25) is 0 Å². The van der Waals surface area contributed by atoms with Gasteiger partial charge in [0.15, 0.2) is 5.82 Å². The summed E-state index contributed by atoms with van der Waals surface area (Å²) in [5.74, 6) is 1.36. The number of benzene rings is 2. The van der Waals surface area contributed by atoms with Gasteiger partial charge in [-0.3, -0.25) is 0 Å². The van der Waals surface area contributed by atoms with E-state index in [0.29, 0.717) is 19.0 Å². The summed E-state index contributed by atoms with van der Waals surface area (Å²) in [4.78, 5) is 0. The highest BCUT2D eigenvalue weighted by Gasteiger charge is 2.07. The Morgan fingerprint density at radius 3 is 2.76 bits per heavy atom. The highest BCUT2D eigenvalue weighted by atomic mass is 16.5. The van der Waals surface area contributed by atoms with Crippen molar-refractivity contribution >= 4 is 16.6 Å². The van der Waals surface area contributed by atoms with E-state index in [9.17, 15) is 0 Å². The van der Waals surface area contributed by atoms with E-state index in [1.807, 2.05) is 31.2 Å². The largest absolute Gasteiger partial charge is 0.492 e. The Labute approximate surface area is 123 Å². The first-order valence-corrected chi connectivity index (χ1v) is 7.07. The summed E-state index contributed by atoms with van der Waals surface area (Å²) in [6, 6.07) is 14.3. The van der Waals surface area contributed by atoms with Crippen LogP contribution in [0.25, 0.3) is 10.8 Å². The summed E-state index contributed by atoms with van der Waals surface area (Å²) in [6.07, 6.45) is 0.814. The van der Waals surface area contributed by atoms with Crippen LogP contribution in [0.1, 0.15) is 12.6 Å². The second-order valence-electron chi connectivity index (χ2n) is 4.86. The second-order valence-corrected chi connectivity index (χ2v) is 4.86. The molecule has 3 aromatic rings. The predicted octanol–water partition coefficient (Wildman–Crippen LogP) is 2.65. The standard InChI is InChI=1S/C16H18N4O/c1-2-15-16(17)18-19-20(15)9-10-21-14-8-7-12-5-3-4-6-13(12)11-14/h3-8,11H,2,9-10,17H2,1H3. The fraction of sp³-hybridized carbons (Fsp3) is 0.250. The smallest absolute Gasteiger partial charge is 0.169 e. The Morgan fingerprint density at radius 2 is 1.95 bits per heavy atom. The molecule has 0 fully saturated rings. The lowest BCUT2D eigenvalue weighted by molar-refractivity contribution is 0.288. The van der Waals surface area contributed by atoms with Gasteiger partial charge in [0, 0.05) is 0 Å². The van der Waals surface area contributed by atoms with Crippen molar-refractivity contribution in [3.05, 3.63) is 48.2 Å². The summed E-state index contributed by atoms with van der Waals surface area (Å²) in [5, 5.41) is 10.3. The van der Waals surface area contributed by atoms with Crippen molar-refractivity contribution in [2.75, 3.05) is 12.3 Å². The maximum Gasteiger partial charge on any atom is 0.169 e. The third-order valence-corrected chi connectivity index (χ3v) is 3.50. The van der Waals surface area contributed by atoms with Crippen molar-refractivity contribution in [3.8, 4) is 5.75 Å². The van der Waals surface area contributed by atoms with Gasteiger partial charge in [0.2, 0.25) is 0 Å². The van der Waals surface area contributed by atoms with Crippen molar-refractivity contribution in [1.29, 1.82) is 0 Å². The summed E-state index contributed by atoms with van der Waals surface area (Å²) in [6.45, 7) is 3.21. The summed E-state index contributed by atoms with van der Waals surface area (Å²) < 4.78 is 7.60. The van der Waals surface area contributed by atoms with E-state index < -0.39 is 0 Å². The van der Waals surface area contributed by atoms with Gasteiger partial charge >= 0.3 is 0 Å². The van der Waals surface area contributed by atoms with Gasteiger partial charge in [-0.2, -0.15) is 0 Å². The van der Waals surface area contributed by atoms with Crippen LogP contribution >= 0.6 is 0 Å². The lowest BCUT2D eigenvalue weighted by Crippen LogP contribution is -2.12. The molecule has 0 radical (unpaired) electrons. The lowest BCUT2D eigenvalue weighted by atomic mass is 10.1. The molecule has 2 aromatic carbocycles. The average Bonchev–Trinajstić information content (AvgIpc) is 2.87. The fourth-order valence-electron chi connectivity index (χ4n) is 2.40. The van der Waals surface area contributed by atoms with Crippen molar-refractivity contribution in [2.24, 2.45) is 0 Å². The first kappa shape index (κ1) is 13.4. The van der Waals surface area contributed by atoms with E-state index in [-0.39, 0.29) is 0 Å². The van der Waals surface area contributed by atoms with Gasteiger partial charge in [0.05, 0.1) is 12.2 Å². The van der Waals surface area contributed by atoms with Gasteiger partial charge in [0.25, 0.3) is 0 Å². The molecule has 0 saturated heterocycles. The second kappa shape index (κ2) is 5.83. The van der Waals surface area contributed by atoms with E-state index in [2.05, 4.69) is 28.5 Å². The topological polar surface area (TPSA) is 66.0 Å². The van der Waals surface area contributed by atoms with Gasteiger partial charge in [0.1, 0.15) is 12.4 Å². The molecule has 3 rings (SSSR count). The summed E-state index contributed by atoms with van der Waals surface area (Å²) in [7, 11) is 0. The minimum Gasteiger partial charge on any atom is -0.492 e. The number of anilines is 1. The number of fused-ring (bicyclic) bond motifs is 1. The van der Waals surface area contributed by atoms with Gasteiger partial charge in [-0.1, -0.05) is 42.5 Å². The highest BCUT2D eigenvalue weighted by molar-refractivity contribution is 5.83. The molecule has 21 heavy (non-hydrogen) atoms. The molecule has 0 aliphatic heterocycles. The number of nitrogen functional groups attached to an aromatic ring is 1. The van der Waals surface area contributed by atoms with Gasteiger partial charge in [-0.25, -0.2) is 4.68 Å². The minimum absolute atomic E-state index is 0.503. The zero-order chi connectivity index (χ0) is 14.7. The zero-order valence-electron chi connectivity index (χ0n) is 12.0. The molecule has 108 valence electrons. The molecule has 0 amide bonds. The van der Waals surface area contributed by atoms with Crippen LogP contribution < -0.4 is 10.5 Å². The molecule has 0 atom stereocenters. The number of rotatable bonds is 5. The van der Waals surface area contributed by atoms with Crippen LogP contribution in [-0.4, -0.2) is 21.6 Å². The molecule has 1 heterocycles. The van der Waals surface area contributed by atoms with Gasteiger partial charge in [-0.05, 0) is 29.3 Å². The quantitative estimate of drug-likeness (QED) is 0.781. The molecular weight excluding hydrogens is 264 g/mol. The molecular formula is C16H18N4O. The first-order valence-electron chi connectivity index (χ1n) is 7.07. The van der Waals surface area contributed by atoms with Crippen molar-refractivity contribution in [1.82, 2.24) is 15.0 Å². The van der Waals surface area contributed by atoms with Crippen molar-refractivity contribution in [3.63, 3.8) is 0 Å². The van der Waals surface area contributed by atoms with E-state index in [1.54, 1.807) is 4.68 Å². The fourth-order valence-corrected chi connectivity index (χ4v) is 2.40. The van der Waals surface area contributed by atoms with Crippen LogP contribution in [-0.2, 0) is 13.0 Å².